The summed E-state index contributed by atoms with van der Waals surface area (Å²) in [6.45, 7) is 2.21. The molecular formula is C19H17N. The number of hydrogen-bond acceptors (Lipinski definition) is 0. The summed E-state index contributed by atoms with van der Waals surface area (Å²) in [5.74, 6) is 0. The smallest absolute Gasteiger partial charge is 0.0537 e. The molecule has 98 valence electrons. The summed E-state index contributed by atoms with van der Waals surface area (Å²) in [6.07, 6.45) is 6.80. The lowest BCUT2D eigenvalue weighted by Crippen LogP contribution is -2.00. The molecule has 20 heavy (non-hydrogen) atoms. The number of hydrogen-bond donors (Lipinski definition) is 0. The highest BCUT2D eigenvalue weighted by Gasteiger charge is 2.13. The average Bonchev–Trinajstić information content (AvgIpc) is 2.83. The predicted octanol–water partition coefficient (Wildman–Crippen LogP) is 5.38. The van der Waals surface area contributed by atoms with Gasteiger partial charge in [0.15, 0.2) is 0 Å². The lowest BCUT2D eigenvalue weighted by Gasteiger charge is -2.15. The summed E-state index contributed by atoms with van der Waals surface area (Å²) in [6, 6.07) is 17.4. The Kier molecular flexibility index (Phi) is 2.53. The van der Waals surface area contributed by atoms with Crippen LogP contribution in [0.15, 0.2) is 66.3 Å². The Morgan fingerprint density at radius 3 is 1.90 bits per heavy atom. The molecule has 0 N–H and O–H groups in total. The Morgan fingerprint density at radius 2 is 1.35 bits per heavy atom. The largest absolute Gasteiger partial charge is 0.313 e. The third kappa shape index (κ3) is 1.63. The summed E-state index contributed by atoms with van der Waals surface area (Å²) < 4.78 is 2.42. The third-order valence-electron chi connectivity index (χ3n) is 4.20. The van der Waals surface area contributed by atoms with Gasteiger partial charge in [0.25, 0.3) is 0 Å². The van der Waals surface area contributed by atoms with Crippen molar-refractivity contribution in [2.75, 3.05) is 0 Å². The van der Waals surface area contributed by atoms with Crippen LogP contribution in [-0.4, -0.2) is 4.57 Å². The van der Waals surface area contributed by atoms with E-state index in [1.807, 2.05) is 0 Å². The van der Waals surface area contributed by atoms with Gasteiger partial charge in [-0.2, -0.15) is 0 Å². The van der Waals surface area contributed by atoms with Crippen molar-refractivity contribution in [3.05, 3.63) is 66.3 Å². The van der Waals surface area contributed by atoms with Crippen LogP contribution in [0.4, 0.5) is 0 Å². The van der Waals surface area contributed by atoms with Crippen LogP contribution in [0.25, 0.3) is 27.5 Å². The molecule has 1 nitrogen and oxygen atoms in total. The maximum Gasteiger partial charge on any atom is 0.0537 e. The van der Waals surface area contributed by atoms with Crippen LogP contribution in [0.3, 0.4) is 0 Å². The fourth-order valence-corrected chi connectivity index (χ4v) is 3.15. The molecule has 0 atom stereocenters. The minimum Gasteiger partial charge on any atom is -0.313 e. The summed E-state index contributed by atoms with van der Waals surface area (Å²) in [5, 5.41) is 2.69. The van der Waals surface area contributed by atoms with E-state index in [0.717, 1.165) is 12.8 Å². The fourth-order valence-electron chi connectivity index (χ4n) is 3.15. The average molecular weight is 259 g/mol. The van der Waals surface area contributed by atoms with Crippen LogP contribution in [0.5, 0.6) is 0 Å². The number of rotatable bonds is 1. The highest BCUT2D eigenvalue weighted by Crippen LogP contribution is 2.34. The first-order chi connectivity index (χ1) is 9.84. The van der Waals surface area contributed by atoms with E-state index in [1.54, 1.807) is 0 Å². The van der Waals surface area contributed by atoms with Gasteiger partial charge in [0, 0.05) is 16.5 Å². The minimum absolute atomic E-state index is 1.12. The van der Waals surface area contributed by atoms with Crippen LogP contribution in [-0.2, 0) is 0 Å². The number of allylic oxidation sites excluding steroid dienone is 4. The van der Waals surface area contributed by atoms with Crippen LogP contribution < -0.4 is 0 Å². The van der Waals surface area contributed by atoms with Crippen LogP contribution >= 0.6 is 0 Å². The van der Waals surface area contributed by atoms with Crippen LogP contribution in [0.2, 0.25) is 0 Å². The lowest BCUT2D eigenvalue weighted by molar-refractivity contribution is 0.927. The molecule has 0 amide bonds. The van der Waals surface area contributed by atoms with E-state index in [-0.39, 0.29) is 0 Å². The molecule has 0 saturated heterocycles. The van der Waals surface area contributed by atoms with Gasteiger partial charge in [0.05, 0.1) is 11.0 Å². The van der Waals surface area contributed by atoms with Gasteiger partial charge in [-0.15, -0.1) is 0 Å². The molecule has 1 aromatic heterocycles. The van der Waals surface area contributed by atoms with Crippen molar-refractivity contribution >= 4 is 27.5 Å². The molecule has 0 saturated carbocycles. The van der Waals surface area contributed by atoms with Gasteiger partial charge in [-0.25, -0.2) is 0 Å². The number of aromatic nitrogens is 1. The zero-order valence-corrected chi connectivity index (χ0v) is 11.6. The summed E-state index contributed by atoms with van der Waals surface area (Å²) in [4.78, 5) is 0. The van der Waals surface area contributed by atoms with Crippen molar-refractivity contribution in [3.63, 3.8) is 0 Å². The van der Waals surface area contributed by atoms with E-state index < -0.39 is 0 Å². The molecule has 0 spiro atoms. The Labute approximate surface area is 118 Å². The fraction of sp³-hybridized carbons (Fsp3) is 0.158. The molecule has 1 heterocycles. The van der Waals surface area contributed by atoms with Gasteiger partial charge >= 0.3 is 0 Å². The molecule has 0 unspecified atom stereocenters. The normalized spacial score (nSPS) is 15.4. The second-order valence-corrected chi connectivity index (χ2v) is 5.54. The summed E-state index contributed by atoms with van der Waals surface area (Å²) in [7, 11) is 0. The number of benzene rings is 2. The van der Waals surface area contributed by atoms with Crippen molar-refractivity contribution < 1.29 is 0 Å². The van der Waals surface area contributed by atoms with Gasteiger partial charge in [0.2, 0.25) is 0 Å². The molecule has 1 heteroatoms. The molecular weight excluding hydrogens is 242 g/mol. The van der Waals surface area contributed by atoms with Crippen molar-refractivity contribution in [1.29, 1.82) is 0 Å². The Morgan fingerprint density at radius 1 is 0.750 bits per heavy atom. The molecule has 0 radical (unpaired) electrons. The second-order valence-electron chi connectivity index (χ2n) is 5.54. The minimum atomic E-state index is 1.12. The van der Waals surface area contributed by atoms with Gasteiger partial charge in [-0.1, -0.05) is 48.0 Å². The molecule has 4 rings (SSSR count). The monoisotopic (exact) mass is 259 g/mol. The van der Waals surface area contributed by atoms with E-state index in [9.17, 15) is 0 Å². The first-order valence-electron chi connectivity index (χ1n) is 7.19. The van der Waals surface area contributed by atoms with E-state index in [2.05, 4.69) is 72.2 Å². The highest BCUT2D eigenvalue weighted by atomic mass is 15.0. The quantitative estimate of drug-likeness (QED) is 0.553. The SMILES string of the molecule is CC1=CC=C(n2c3ccccc3c3ccccc32)CC1. The zero-order valence-electron chi connectivity index (χ0n) is 11.6. The first-order valence-corrected chi connectivity index (χ1v) is 7.19. The molecule has 3 aromatic rings. The van der Waals surface area contributed by atoms with Crippen molar-refractivity contribution in [3.8, 4) is 0 Å². The van der Waals surface area contributed by atoms with Crippen LogP contribution in [0.1, 0.15) is 19.8 Å². The van der Waals surface area contributed by atoms with Crippen molar-refractivity contribution in [2.45, 2.75) is 19.8 Å². The molecule has 1 aliphatic carbocycles. The summed E-state index contributed by atoms with van der Waals surface area (Å²) >= 11 is 0. The van der Waals surface area contributed by atoms with Gasteiger partial charge in [-0.05, 0) is 38.0 Å². The molecule has 0 fully saturated rings. The standard InChI is InChI=1S/C19H17N/c1-14-10-12-15(13-11-14)20-18-8-4-2-6-16(18)17-7-3-5-9-19(17)20/h2-10,12H,11,13H2,1H3. The highest BCUT2D eigenvalue weighted by molar-refractivity contribution is 6.10. The molecule has 1 aliphatic rings. The van der Waals surface area contributed by atoms with E-state index in [0.29, 0.717) is 0 Å². The van der Waals surface area contributed by atoms with E-state index >= 15 is 0 Å². The van der Waals surface area contributed by atoms with Crippen LogP contribution in [0, 0.1) is 0 Å². The third-order valence-corrected chi connectivity index (χ3v) is 4.20. The topological polar surface area (TPSA) is 4.93 Å². The van der Waals surface area contributed by atoms with Gasteiger partial charge in [0.1, 0.15) is 0 Å². The Bertz CT molecular complexity index is 808. The molecule has 2 aromatic carbocycles. The van der Waals surface area contributed by atoms with Gasteiger partial charge in [-0.3, -0.25) is 0 Å². The second kappa shape index (κ2) is 4.38. The Balaban J connectivity index is 2.11. The Hall–Kier alpha value is -2.28. The number of fused-ring (bicyclic) bond motifs is 3. The van der Waals surface area contributed by atoms with E-state index in [1.165, 1.54) is 33.1 Å². The van der Waals surface area contributed by atoms with Gasteiger partial charge < -0.3 is 4.57 Å². The molecule has 0 aliphatic heterocycles. The maximum atomic E-state index is 2.42. The molecule has 0 bridgehead atoms. The van der Waals surface area contributed by atoms with Crippen molar-refractivity contribution in [2.24, 2.45) is 0 Å². The van der Waals surface area contributed by atoms with Crippen molar-refractivity contribution in [1.82, 2.24) is 4.57 Å². The lowest BCUT2D eigenvalue weighted by atomic mass is 10.0. The summed E-state index contributed by atoms with van der Waals surface area (Å²) in [5.41, 5.74) is 5.49. The predicted molar refractivity (Wildman–Crippen MR) is 86.7 cm³/mol. The van der Waals surface area contributed by atoms with E-state index in [4.69, 9.17) is 0 Å². The first kappa shape index (κ1) is 11.5. The zero-order chi connectivity index (χ0) is 13.5. The number of para-hydroxylation sites is 2. The maximum absolute atomic E-state index is 2.42. The number of nitrogens with zero attached hydrogens (tertiary/aromatic N) is 1.